The van der Waals surface area contributed by atoms with E-state index in [2.05, 4.69) is 15.6 Å². The van der Waals surface area contributed by atoms with Crippen LogP contribution in [0.3, 0.4) is 0 Å². The molecule has 0 unspecified atom stereocenters. The summed E-state index contributed by atoms with van der Waals surface area (Å²) in [6.45, 7) is 0.336. The van der Waals surface area contributed by atoms with Gasteiger partial charge in [-0.15, -0.1) is 0 Å². The Bertz CT molecular complexity index is 1240. The third-order valence-corrected chi connectivity index (χ3v) is 5.21. The predicted octanol–water partition coefficient (Wildman–Crippen LogP) is 4.06. The molecule has 2 aromatic heterocycles. The average Bonchev–Trinajstić information content (AvgIpc) is 3.53. The smallest absolute Gasteiger partial charge is 0.255 e. The number of carbonyl (C=O) groups is 2. The number of anilines is 1. The van der Waals surface area contributed by atoms with Crippen LogP contribution in [0.1, 0.15) is 39.3 Å². The maximum absolute atomic E-state index is 12.6. The second kappa shape index (κ2) is 8.55. The monoisotopic (exact) mass is 426 g/mol. The Labute approximate surface area is 185 Å². The molecule has 2 aromatic carbocycles. The largest absolute Gasteiger partial charge is 0.487 e. The highest BCUT2D eigenvalue weighted by atomic mass is 16.5. The summed E-state index contributed by atoms with van der Waals surface area (Å²) in [5.41, 5.74) is 3.30. The average molecular weight is 426 g/mol. The van der Waals surface area contributed by atoms with Crippen molar-refractivity contribution in [1.29, 1.82) is 0 Å². The summed E-state index contributed by atoms with van der Waals surface area (Å²) < 4.78 is 7.74. The van der Waals surface area contributed by atoms with Crippen molar-refractivity contribution in [2.24, 2.45) is 0 Å². The van der Waals surface area contributed by atoms with Gasteiger partial charge < -0.3 is 19.8 Å². The molecule has 2 N–H and O–H groups in total. The van der Waals surface area contributed by atoms with Crippen molar-refractivity contribution in [3.8, 4) is 5.75 Å². The Hall–Kier alpha value is -4.13. The topological polar surface area (TPSA) is 84.7 Å². The Morgan fingerprint density at radius 2 is 1.81 bits per heavy atom. The van der Waals surface area contributed by atoms with Gasteiger partial charge in [0.1, 0.15) is 18.0 Å². The van der Waals surface area contributed by atoms with Crippen molar-refractivity contribution in [2.75, 3.05) is 5.32 Å². The summed E-state index contributed by atoms with van der Waals surface area (Å²) in [6, 6.07) is 20.0. The first-order valence-corrected chi connectivity index (χ1v) is 10.5. The van der Waals surface area contributed by atoms with E-state index in [1.807, 2.05) is 35.0 Å². The molecule has 0 saturated heterocycles. The van der Waals surface area contributed by atoms with Gasteiger partial charge in [0.25, 0.3) is 11.8 Å². The number of carbonyl (C=O) groups excluding carboxylic acids is 2. The number of pyridine rings is 1. The molecule has 1 aliphatic carbocycles. The third-order valence-electron chi connectivity index (χ3n) is 5.21. The van der Waals surface area contributed by atoms with E-state index in [1.165, 1.54) is 0 Å². The number of nitrogens with one attached hydrogen (secondary N) is 2. The van der Waals surface area contributed by atoms with Crippen LogP contribution in [0.4, 0.5) is 5.69 Å². The lowest BCUT2D eigenvalue weighted by Crippen LogP contribution is -2.25. The molecular weight excluding hydrogens is 404 g/mol. The Kier molecular flexibility index (Phi) is 5.29. The number of amides is 2. The van der Waals surface area contributed by atoms with Gasteiger partial charge in [0.15, 0.2) is 0 Å². The van der Waals surface area contributed by atoms with E-state index in [-0.39, 0.29) is 17.9 Å². The lowest BCUT2D eigenvalue weighted by molar-refractivity contribution is 0.0949. The highest BCUT2D eigenvalue weighted by molar-refractivity contribution is 6.05. The van der Waals surface area contributed by atoms with Gasteiger partial charge in [0, 0.05) is 35.2 Å². The number of rotatable bonds is 7. The maximum atomic E-state index is 12.6. The maximum Gasteiger partial charge on any atom is 0.255 e. The van der Waals surface area contributed by atoms with Crippen LogP contribution < -0.4 is 15.4 Å². The minimum absolute atomic E-state index is 0.115. The van der Waals surface area contributed by atoms with Crippen molar-refractivity contribution in [1.82, 2.24) is 14.7 Å². The van der Waals surface area contributed by atoms with Crippen LogP contribution in [-0.2, 0) is 6.61 Å². The molecule has 2 heterocycles. The summed E-state index contributed by atoms with van der Waals surface area (Å²) in [5.74, 6) is 0.282. The van der Waals surface area contributed by atoms with Crippen LogP contribution in [0.25, 0.3) is 5.65 Å². The number of fused-ring (bicyclic) bond motifs is 1. The van der Waals surface area contributed by atoms with E-state index < -0.39 is 0 Å². The van der Waals surface area contributed by atoms with Crippen LogP contribution in [-0.4, -0.2) is 27.2 Å². The number of hydrogen-bond acceptors (Lipinski definition) is 4. The van der Waals surface area contributed by atoms with E-state index in [4.69, 9.17) is 4.74 Å². The summed E-state index contributed by atoms with van der Waals surface area (Å²) in [7, 11) is 0. The van der Waals surface area contributed by atoms with Crippen molar-refractivity contribution in [3.63, 3.8) is 0 Å². The molecule has 32 heavy (non-hydrogen) atoms. The Morgan fingerprint density at radius 1 is 0.969 bits per heavy atom. The zero-order chi connectivity index (χ0) is 21.9. The van der Waals surface area contributed by atoms with Crippen molar-refractivity contribution >= 4 is 23.1 Å². The van der Waals surface area contributed by atoms with Crippen molar-refractivity contribution < 1.29 is 14.3 Å². The molecule has 1 aliphatic rings. The number of imidazole rings is 1. The first-order valence-electron chi connectivity index (χ1n) is 10.5. The molecule has 0 spiro atoms. The summed E-state index contributed by atoms with van der Waals surface area (Å²) >= 11 is 0. The van der Waals surface area contributed by atoms with Crippen LogP contribution >= 0.6 is 0 Å². The van der Waals surface area contributed by atoms with Crippen LogP contribution in [0.5, 0.6) is 5.75 Å². The van der Waals surface area contributed by atoms with Crippen LogP contribution in [0, 0.1) is 0 Å². The van der Waals surface area contributed by atoms with E-state index in [9.17, 15) is 9.59 Å². The summed E-state index contributed by atoms with van der Waals surface area (Å²) in [5, 5.41) is 5.79. The minimum atomic E-state index is -0.253. The van der Waals surface area contributed by atoms with Gasteiger partial charge in [-0.05, 0) is 67.4 Å². The first-order chi connectivity index (χ1) is 15.6. The summed E-state index contributed by atoms with van der Waals surface area (Å²) in [6.07, 6.45) is 5.92. The van der Waals surface area contributed by atoms with Gasteiger partial charge in [-0.3, -0.25) is 9.59 Å². The number of aromatic nitrogens is 2. The number of benzene rings is 2. The Morgan fingerprint density at radius 3 is 2.59 bits per heavy atom. The molecule has 4 aromatic rings. The van der Waals surface area contributed by atoms with Gasteiger partial charge in [-0.1, -0.05) is 12.1 Å². The second-order valence-electron chi connectivity index (χ2n) is 7.79. The fraction of sp³-hybridized carbons (Fsp3) is 0.160. The lowest BCUT2D eigenvalue weighted by atomic mass is 10.1. The molecular formula is C25H22N4O3. The molecule has 1 saturated carbocycles. The normalized spacial score (nSPS) is 13.0. The molecule has 7 nitrogen and oxygen atoms in total. The fourth-order valence-corrected chi connectivity index (χ4v) is 3.35. The highest BCUT2D eigenvalue weighted by Crippen LogP contribution is 2.20. The molecule has 0 radical (unpaired) electrons. The van der Waals surface area contributed by atoms with Gasteiger partial charge >= 0.3 is 0 Å². The summed E-state index contributed by atoms with van der Waals surface area (Å²) in [4.78, 5) is 29.3. The number of ether oxygens (including phenoxy) is 1. The zero-order valence-electron chi connectivity index (χ0n) is 17.3. The van der Waals surface area contributed by atoms with E-state index in [1.54, 1.807) is 48.5 Å². The van der Waals surface area contributed by atoms with Crippen LogP contribution in [0.2, 0.25) is 0 Å². The molecule has 0 bridgehead atoms. The van der Waals surface area contributed by atoms with Crippen LogP contribution in [0.15, 0.2) is 79.1 Å². The van der Waals surface area contributed by atoms with Crippen molar-refractivity contribution in [3.05, 3.63) is 95.9 Å². The molecule has 1 fully saturated rings. The van der Waals surface area contributed by atoms with Crippen molar-refractivity contribution in [2.45, 2.75) is 25.5 Å². The second-order valence-corrected chi connectivity index (χ2v) is 7.79. The fourth-order valence-electron chi connectivity index (χ4n) is 3.35. The van der Waals surface area contributed by atoms with E-state index in [0.29, 0.717) is 29.2 Å². The standard InChI is InChI=1S/C25H22N4O3/c30-24(28-20-5-3-4-18(14-20)25(31)27-19-9-10-19)17-7-11-22(12-8-17)32-16-21-15-29-13-2-1-6-23(29)26-21/h1-8,11-15,19H,9-10,16H2,(H,27,31)(H,28,30). The van der Waals surface area contributed by atoms with E-state index >= 15 is 0 Å². The molecule has 5 rings (SSSR count). The Balaban J connectivity index is 1.19. The highest BCUT2D eigenvalue weighted by Gasteiger charge is 2.23. The molecule has 0 atom stereocenters. The quantitative estimate of drug-likeness (QED) is 0.467. The number of nitrogens with zero attached hydrogens (tertiary/aromatic N) is 2. The molecule has 160 valence electrons. The minimum Gasteiger partial charge on any atom is -0.487 e. The van der Waals surface area contributed by atoms with Gasteiger partial charge in [0.2, 0.25) is 0 Å². The third kappa shape index (κ3) is 4.62. The first kappa shape index (κ1) is 19.8. The van der Waals surface area contributed by atoms with Gasteiger partial charge in [-0.2, -0.15) is 0 Å². The van der Waals surface area contributed by atoms with Gasteiger partial charge in [-0.25, -0.2) is 4.98 Å². The van der Waals surface area contributed by atoms with Gasteiger partial charge in [0.05, 0.1) is 5.69 Å². The molecule has 7 heteroatoms. The SMILES string of the molecule is O=C(Nc1cccc(C(=O)NC2CC2)c1)c1ccc(OCc2cn3ccccc3n2)cc1. The molecule has 0 aliphatic heterocycles. The number of hydrogen-bond donors (Lipinski definition) is 2. The molecule has 2 amide bonds. The van der Waals surface area contributed by atoms with E-state index in [0.717, 1.165) is 24.2 Å². The predicted molar refractivity (Wildman–Crippen MR) is 121 cm³/mol. The lowest BCUT2D eigenvalue weighted by Gasteiger charge is -2.09. The zero-order valence-corrected chi connectivity index (χ0v) is 17.3.